The zero-order valence-electron chi connectivity index (χ0n) is 15.5. The predicted molar refractivity (Wildman–Crippen MR) is 104 cm³/mol. The van der Waals surface area contributed by atoms with Crippen LogP contribution in [0.3, 0.4) is 0 Å². The Kier molecular flexibility index (Phi) is 5.69. The lowest BCUT2D eigenvalue weighted by atomic mass is 10.0. The molecule has 3 rings (SSSR count). The van der Waals surface area contributed by atoms with Gasteiger partial charge in [-0.1, -0.05) is 24.3 Å². The van der Waals surface area contributed by atoms with E-state index in [1.54, 1.807) is 14.2 Å². The molecule has 0 aliphatic rings. The Morgan fingerprint density at radius 2 is 1.61 bits per heavy atom. The summed E-state index contributed by atoms with van der Waals surface area (Å²) in [6, 6.07) is 17.4. The highest BCUT2D eigenvalue weighted by atomic mass is 16.5. The minimum absolute atomic E-state index is 0.169. The van der Waals surface area contributed by atoms with E-state index < -0.39 is 5.97 Å². The van der Waals surface area contributed by atoms with Gasteiger partial charge in [0.15, 0.2) is 0 Å². The van der Waals surface area contributed by atoms with E-state index in [1.807, 2.05) is 42.5 Å². The van der Waals surface area contributed by atoms with E-state index in [1.165, 1.54) is 18.2 Å². The molecule has 0 atom stereocenters. The van der Waals surface area contributed by atoms with Gasteiger partial charge in [0.25, 0.3) is 0 Å². The summed E-state index contributed by atoms with van der Waals surface area (Å²) >= 11 is 0. The van der Waals surface area contributed by atoms with Crippen molar-refractivity contribution < 1.29 is 29.2 Å². The molecule has 0 aliphatic carbocycles. The van der Waals surface area contributed by atoms with Gasteiger partial charge in [-0.05, 0) is 41.5 Å². The third-order valence-corrected chi connectivity index (χ3v) is 4.25. The number of methoxy groups -OCH3 is 2. The van der Waals surface area contributed by atoms with Crippen molar-refractivity contribution in [1.29, 1.82) is 0 Å². The van der Waals surface area contributed by atoms with Gasteiger partial charge >= 0.3 is 5.97 Å². The minimum atomic E-state index is -1.19. The van der Waals surface area contributed by atoms with E-state index in [0.29, 0.717) is 17.2 Å². The minimum Gasteiger partial charge on any atom is -0.507 e. The van der Waals surface area contributed by atoms with Crippen molar-refractivity contribution in [3.05, 3.63) is 71.8 Å². The summed E-state index contributed by atoms with van der Waals surface area (Å²) in [5.74, 6) is 0.251. The zero-order chi connectivity index (χ0) is 20.1. The number of rotatable bonds is 7. The monoisotopic (exact) mass is 380 g/mol. The van der Waals surface area contributed by atoms with Crippen LogP contribution in [0.5, 0.6) is 23.0 Å². The molecule has 6 heteroatoms. The van der Waals surface area contributed by atoms with Crippen molar-refractivity contribution in [2.24, 2.45) is 0 Å². The van der Waals surface area contributed by atoms with Gasteiger partial charge in [-0.15, -0.1) is 0 Å². The fraction of sp³-hybridized carbons (Fsp3) is 0.136. The molecule has 0 aromatic heterocycles. The van der Waals surface area contributed by atoms with Crippen LogP contribution in [0.25, 0.3) is 11.1 Å². The number of carbonyl (C=O) groups is 1. The van der Waals surface area contributed by atoms with Gasteiger partial charge in [-0.3, -0.25) is 0 Å². The van der Waals surface area contributed by atoms with Crippen LogP contribution < -0.4 is 14.2 Å². The van der Waals surface area contributed by atoms with Gasteiger partial charge in [0.1, 0.15) is 35.2 Å². The van der Waals surface area contributed by atoms with Crippen LogP contribution in [0, 0.1) is 0 Å². The standard InChI is InChI=1S/C22H20O6/c1-26-19-7-4-8-20(27-2)21(19)15-6-3-5-14(11-15)13-28-16-9-10-17(22(24)25)18(23)12-16/h3-12,23H,13H2,1-2H3,(H,24,25). The molecule has 0 fully saturated rings. The molecule has 0 heterocycles. The number of benzene rings is 3. The fourth-order valence-electron chi connectivity index (χ4n) is 2.90. The molecule has 0 radical (unpaired) electrons. The molecular weight excluding hydrogens is 360 g/mol. The number of ether oxygens (including phenoxy) is 3. The second-order valence-corrected chi connectivity index (χ2v) is 6.01. The molecule has 0 amide bonds. The number of aromatic carboxylic acids is 1. The highest BCUT2D eigenvalue weighted by Crippen LogP contribution is 2.38. The maximum atomic E-state index is 11.0. The van der Waals surface area contributed by atoms with Crippen molar-refractivity contribution in [3.8, 4) is 34.1 Å². The lowest BCUT2D eigenvalue weighted by Gasteiger charge is -2.14. The van der Waals surface area contributed by atoms with E-state index in [-0.39, 0.29) is 17.9 Å². The third-order valence-electron chi connectivity index (χ3n) is 4.25. The Bertz CT molecular complexity index is 974. The van der Waals surface area contributed by atoms with E-state index >= 15 is 0 Å². The fourth-order valence-corrected chi connectivity index (χ4v) is 2.90. The van der Waals surface area contributed by atoms with Gasteiger partial charge in [-0.2, -0.15) is 0 Å². The molecule has 3 aromatic rings. The molecule has 0 aliphatic heterocycles. The van der Waals surface area contributed by atoms with Crippen molar-refractivity contribution in [2.45, 2.75) is 6.61 Å². The molecule has 3 aromatic carbocycles. The number of phenols is 1. The number of carboxylic acids is 1. The summed E-state index contributed by atoms with van der Waals surface area (Å²) < 4.78 is 16.6. The number of hydrogen-bond donors (Lipinski definition) is 2. The van der Waals surface area contributed by atoms with E-state index in [9.17, 15) is 9.90 Å². The summed E-state index contributed by atoms with van der Waals surface area (Å²) in [6.45, 7) is 0.247. The van der Waals surface area contributed by atoms with Crippen LogP contribution in [0.1, 0.15) is 15.9 Å². The van der Waals surface area contributed by atoms with Crippen LogP contribution in [-0.4, -0.2) is 30.4 Å². The summed E-state index contributed by atoms with van der Waals surface area (Å²) in [5, 5.41) is 18.7. The van der Waals surface area contributed by atoms with E-state index in [0.717, 1.165) is 16.7 Å². The van der Waals surface area contributed by atoms with E-state index in [2.05, 4.69) is 0 Å². The molecule has 0 spiro atoms. The smallest absolute Gasteiger partial charge is 0.339 e. The average molecular weight is 380 g/mol. The molecule has 0 unspecified atom stereocenters. The SMILES string of the molecule is COc1cccc(OC)c1-c1cccc(COc2ccc(C(=O)O)c(O)c2)c1. The molecular formula is C22H20O6. The maximum absolute atomic E-state index is 11.0. The Hall–Kier alpha value is -3.67. The first kappa shape index (κ1) is 19.1. The second kappa shape index (κ2) is 8.35. The van der Waals surface area contributed by atoms with Crippen molar-refractivity contribution in [3.63, 3.8) is 0 Å². The maximum Gasteiger partial charge on any atom is 0.339 e. The first-order valence-electron chi connectivity index (χ1n) is 8.53. The largest absolute Gasteiger partial charge is 0.507 e. The first-order chi connectivity index (χ1) is 13.5. The Labute approximate surface area is 162 Å². The molecule has 0 saturated carbocycles. The molecule has 6 nitrogen and oxygen atoms in total. The first-order valence-corrected chi connectivity index (χ1v) is 8.53. The quantitative estimate of drug-likeness (QED) is 0.634. The molecule has 28 heavy (non-hydrogen) atoms. The molecule has 0 saturated heterocycles. The Balaban J connectivity index is 1.83. The number of carboxylic acid groups (broad SMARTS) is 1. The van der Waals surface area contributed by atoms with Gasteiger partial charge in [0.2, 0.25) is 0 Å². The lowest BCUT2D eigenvalue weighted by molar-refractivity contribution is 0.0693. The van der Waals surface area contributed by atoms with Crippen LogP contribution >= 0.6 is 0 Å². The number of hydrogen-bond acceptors (Lipinski definition) is 5. The van der Waals surface area contributed by atoms with Crippen molar-refractivity contribution >= 4 is 5.97 Å². The zero-order valence-corrected chi connectivity index (χ0v) is 15.5. The van der Waals surface area contributed by atoms with Crippen LogP contribution in [0.15, 0.2) is 60.7 Å². The highest BCUT2D eigenvalue weighted by molar-refractivity contribution is 5.90. The normalized spacial score (nSPS) is 10.4. The topological polar surface area (TPSA) is 85.2 Å². The Morgan fingerprint density at radius 3 is 2.21 bits per heavy atom. The molecule has 2 N–H and O–H groups in total. The highest BCUT2D eigenvalue weighted by Gasteiger charge is 2.13. The van der Waals surface area contributed by atoms with Crippen molar-refractivity contribution in [2.75, 3.05) is 14.2 Å². The van der Waals surface area contributed by atoms with Crippen LogP contribution in [0.2, 0.25) is 0 Å². The molecule has 144 valence electrons. The van der Waals surface area contributed by atoms with Crippen molar-refractivity contribution in [1.82, 2.24) is 0 Å². The van der Waals surface area contributed by atoms with Gasteiger partial charge in [0.05, 0.1) is 19.8 Å². The van der Waals surface area contributed by atoms with Crippen LogP contribution in [0.4, 0.5) is 0 Å². The van der Waals surface area contributed by atoms with Gasteiger partial charge in [-0.25, -0.2) is 4.79 Å². The van der Waals surface area contributed by atoms with Gasteiger partial charge in [0, 0.05) is 6.07 Å². The summed E-state index contributed by atoms with van der Waals surface area (Å²) in [7, 11) is 3.22. The summed E-state index contributed by atoms with van der Waals surface area (Å²) in [6.07, 6.45) is 0. The average Bonchev–Trinajstić information content (AvgIpc) is 2.71. The summed E-state index contributed by atoms with van der Waals surface area (Å²) in [4.78, 5) is 11.0. The second-order valence-electron chi connectivity index (χ2n) is 6.01. The summed E-state index contributed by atoms with van der Waals surface area (Å²) in [5.41, 5.74) is 2.49. The number of aromatic hydroxyl groups is 1. The predicted octanol–water partition coefficient (Wildman–Crippen LogP) is 4.35. The van der Waals surface area contributed by atoms with E-state index in [4.69, 9.17) is 19.3 Å². The van der Waals surface area contributed by atoms with Crippen LogP contribution in [-0.2, 0) is 6.61 Å². The lowest BCUT2D eigenvalue weighted by Crippen LogP contribution is -1.99. The molecule has 0 bridgehead atoms. The van der Waals surface area contributed by atoms with Gasteiger partial charge < -0.3 is 24.4 Å². The Morgan fingerprint density at radius 1 is 0.929 bits per heavy atom. The third kappa shape index (κ3) is 4.01.